The van der Waals surface area contributed by atoms with Crippen LogP contribution in [0.2, 0.25) is 0 Å². The van der Waals surface area contributed by atoms with Crippen molar-refractivity contribution in [3.8, 4) is 0 Å². The molecule has 1 aliphatic heterocycles. The Morgan fingerprint density at radius 3 is 2.52 bits per heavy atom. The van der Waals surface area contributed by atoms with E-state index in [0.717, 1.165) is 37.3 Å². The van der Waals surface area contributed by atoms with E-state index in [0.29, 0.717) is 12.8 Å². The lowest BCUT2D eigenvalue weighted by molar-refractivity contribution is -0.384. The summed E-state index contributed by atoms with van der Waals surface area (Å²) in [5.74, 6) is 0. The van der Waals surface area contributed by atoms with Crippen molar-refractivity contribution in [2.75, 3.05) is 36.8 Å². The highest BCUT2D eigenvalue weighted by Crippen LogP contribution is 2.35. The molecule has 2 aromatic carbocycles. The lowest BCUT2D eigenvalue weighted by atomic mass is 9.83. The van der Waals surface area contributed by atoms with Crippen LogP contribution in [0, 0.1) is 24.0 Å². The molecule has 0 saturated carbocycles. The Labute approximate surface area is 170 Å². The lowest BCUT2D eigenvalue weighted by Crippen LogP contribution is -2.56. The van der Waals surface area contributed by atoms with Crippen molar-refractivity contribution in [2.24, 2.45) is 0 Å². The first-order chi connectivity index (χ1) is 13.8. The summed E-state index contributed by atoms with van der Waals surface area (Å²) in [4.78, 5) is 15.5. The highest BCUT2D eigenvalue weighted by Gasteiger charge is 2.35. The van der Waals surface area contributed by atoms with Crippen molar-refractivity contribution >= 4 is 17.1 Å². The number of hydrogen-bond acceptors (Lipinski definition) is 6. The highest BCUT2D eigenvalue weighted by atomic mass is 16.6. The largest absolute Gasteiger partial charge is 0.393 e. The third-order valence-electron chi connectivity index (χ3n) is 6.40. The van der Waals surface area contributed by atoms with Gasteiger partial charge in [0.05, 0.1) is 11.0 Å². The number of nitrogens with two attached hydrogens (primary N) is 1. The van der Waals surface area contributed by atoms with Crippen LogP contribution in [0.25, 0.3) is 0 Å². The highest BCUT2D eigenvalue weighted by molar-refractivity contribution is 5.66. The Morgan fingerprint density at radius 1 is 1.10 bits per heavy atom. The van der Waals surface area contributed by atoms with E-state index in [4.69, 9.17) is 5.73 Å². The minimum absolute atomic E-state index is 0.0177. The van der Waals surface area contributed by atoms with Crippen LogP contribution in [0.3, 0.4) is 0 Å². The Morgan fingerprint density at radius 2 is 1.83 bits per heavy atom. The topological polar surface area (TPSA) is 95.9 Å². The smallest absolute Gasteiger partial charge is 0.292 e. The van der Waals surface area contributed by atoms with E-state index < -0.39 is 11.0 Å². The first-order valence-corrected chi connectivity index (χ1v) is 10.1. The molecule has 1 fully saturated rings. The number of nitrogens with zero attached hydrogens (tertiary/aromatic N) is 3. The molecule has 0 bridgehead atoms. The van der Waals surface area contributed by atoms with E-state index >= 15 is 0 Å². The van der Waals surface area contributed by atoms with Crippen LogP contribution in [-0.4, -0.2) is 53.3 Å². The number of nitrogen functional groups attached to an aromatic ring is 1. The number of piperazine rings is 1. The maximum absolute atomic E-state index is 11.1. The minimum atomic E-state index is -0.570. The molecule has 2 atom stereocenters. The number of hydrogen-bond donors (Lipinski definition) is 2. The Balaban J connectivity index is 1.48. The fourth-order valence-electron chi connectivity index (χ4n) is 4.72. The second-order valence-corrected chi connectivity index (χ2v) is 8.25. The van der Waals surface area contributed by atoms with Crippen LogP contribution in [0.15, 0.2) is 30.3 Å². The Bertz CT molecular complexity index is 938. The van der Waals surface area contributed by atoms with Gasteiger partial charge in [-0.3, -0.25) is 15.0 Å². The first-order valence-electron chi connectivity index (χ1n) is 10.1. The molecule has 4 rings (SSSR count). The predicted molar refractivity (Wildman–Crippen MR) is 114 cm³/mol. The quantitative estimate of drug-likeness (QED) is 0.470. The third-order valence-corrected chi connectivity index (χ3v) is 6.40. The van der Waals surface area contributed by atoms with Crippen molar-refractivity contribution < 1.29 is 10.0 Å². The number of anilines is 2. The molecule has 2 aliphatic rings. The summed E-state index contributed by atoms with van der Waals surface area (Å²) in [6.07, 6.45) is 0.464. The summed E-state index contributed by atoms with van der Waals surface area (Å²) in [5, 5.41) is 21.9. The van der Waals surface area contributed by atoms with Crippen molar-refractivity contribution in [2.45, 2.75) is 38.8 Å². The number of benzene rings is 2. The van der Waals surface area contributed by atoms with Gasteiger partial charge in [0.15, 0.2) is 0 Å². The van der Waals surface area contributed by atoms with Crippen LogP contribution in [0.1, 0.15) is 22.3 Å². The standard InChI is InChI=1S/C22H28N4O3/c1-14-3-4-15(2)19(11-14)24-7-9-25(10-8-24)20-12-16-5-6-18(26(28)29)22(23)17(16)13-21(20)27/h3-6,11,20-21,27H,7-10,12-13,23H2,1-2H3/t20-,21-/m0/s1. The minimum Gasteiger partial charge on any atom is -0.393 e. The maximum atomic E-state index is 11.1. The summed E-state index contributed by atoms with van der Waals surface area (Å²) < 4.78 is 0. The van der Waals surface area contributed by atoms with Gasteiger partial charge in [0.2, 0.25) is 0 Å². The Kier molecular flexibility index (Phi) is 5.19. The average Bonchev–Trinajstić information content (AvgIpc) is 2.70. The van der Waals surface area contributed by atoms with Gasteiger partial charge in [0, 0.05) is 50.4 Å². The molecule has 0 unspecified atom stereocenters. The summed E-state index contributed by atoms with van der Waals surface area (Å²) in [6, 6.07) is 9.86. The van der Waals surface area contributed by atoms with E-state index in [-0.39, 0.29) is 17.4 Å². The predicted octanol–water partition coefficient (Wildman–Crippen LogP) is 2.44. The fraction of sp³-hybridized carbons (Fsp3) is 0.455. The zero-order chi connectivity index (χ0) is 20.7. The van der Waals surface area contributed by atoms with Gasteiger partial charge in [0.1, 0.15) is 5.69 Å². The first kappa shape index (κ1) is 19.7. The zero-order valence-corrected chi connectivity index (χ0v) is 17.0. The molecule has 29 heavy (non-hydrogen) atoms. The average molecular weight is 396 g/mol. The van der Waals surface area contributed by atoms with E-state index in [1.54, 1.807) is 6.07 Å². The molecule has 1 saturated heterocycles. The van der Waals surface area contributed by atoms with Gasteiger partial charge in [-0.2, -0.15) is 0 Å². The van der Waals surface area contributed by atoms with Gasteiger partial charge in [-0.15, -0.1) is 0 Å². The zero-order valence-electron chi connectivity index (χ0n) is 17.0. The van der Waals surface area contributed by atoms with Gasteiger partial charge in [-0.25, -0.2) is 0 Å². The van der Waals surface area contributed by atoms with Gasteiger partial charge in [-0.05, 0) is 48.6 Å². The number of rotatable bonds is 3. The SMILES string of the molecule is Cc1ccc(C)c(N2CCN([C@H]3Cc4ccc([N+](=O)[O-])c(N)c4C[C@@H]3O)CC2)c1. The molecule has 0 radical (unpaired) electrons. The fourth-order valence-corrected chi connectivity index (χ4v) is 4.72. The summed E-state index contributed by atoms with van der Waals surface area (Å²) in [6.45, 7) is 7.86. The molecule has 0 aromatic heterocycles. The van der Waals surface area contributed by atoms with Crippen LogP contribution < -0.4 is 10.6 Å². The third kappa shape index (κ3) is 3.68. The summed E-state index contributed by atoms with van der Waals surface area (Å²) >= 11 is 0. The van der Waals surface area contributed by atoms with Crippen LogP contribution in [0.5, 0.6) is 0 Å². The van der Waals surface area contributed by atoms with Crippen molar-refractivity contribution in [3.63, 3.8) is 0 Å². The number of aryl methyl sites for hydroxylation is 2. The number of nitro groups is 1. The second kappa shape index (κ2) is 7.65. The molecule has 1 heterocycles. The van der Waals surface area contributed by atoms with Gasteiger partial charge in [0.25, 0.3) is 5.69 Å². The van der Waals surface area contributed by atoms with Crippen molar-refractivity contribution in [3.05, 3.63) is 62.7 Å². The van der Waals surface area contributed by atoms with E-state index in [9.17, 15) is 15.2 Å². The van der Waals surface area contributed by atoms with Crippen LogP contribution >= 0.6 is 0 Å². The normalized spacial score (nSPS) is 22.4. The maximum Gasteiger partial charge on any atom is 0.292 e. The number of nitro benzene ring substituents is 1. The molecule has 3 N–H and O–H groups in total. The van der Waals surface area contributed by atoms with Crippen molar-refractivity contribution in [1.82, 2.24) is 4.90 Å². The molecule has 0 amide bonds. The van der Waals surface area contributed by atoms with E-state index in [1.807, 2.05) is 0 Å². The number of aliphatic hydroxyl groups excluding tert-OH is 1. The van der Waals surface area contributed by atoms with Gasteiger partial charge in [-0.1, -0.05) is 18.2 Å². The molecule has 154 valence electrons. The second-order valence-electron chi connectivity index (χ2n) is 8.25. The molecule has 0 spiro atoms. The van der Waals surface area contributed by atoms with Crippen LogP contribution in [0.4, 0.5) is 17.1 Å². The number of aliphatic hydroxyl groups is 1. The molecule has 2 aromatic rings. The van der Waals surface area contributed by atoms with Gasteiger partial charge >= 0.3 is 0 Å². The van der Waals surface area contributed by atoms with E-state index in [1.165, 1.54) is 22.9 Å². The summed E-state index contributed by atoms with van der Waals surface area (Å²) in [5.41, 5.74) is 11.7. The van der Waals surface area contributed by atoms with E-state index in [2.05, 4.69) is 41.8 Å². The molecule has 1 aliphatic carbocycles. The van der Waals surface area contributed by atoms with Crippen LogP contribution in [-0.2, 0) is 12.8 Å². The lowest BCUT2D eigenvalue weighted by Gasteiger charge is -2.44. The molecule has 7 nitrogen and oxygen atoms in total. The molecule has 7 heteroatoms. The van der Waals surface area contributed by atoms with Gasteiger partial charge < -0.3 is 15.7 Å². The monoisotopic (exact) mass is 396 g/mol. The van der Waals surface area contributed by atoms with Crippen molar-refractivity contribution in [1.29, 1.82) is 0 Å². The Hall–Kier alpha value is -2.64. The molecular weight excluding hydrogens is 368 g/mol. The molecular formula is C22H28N4O3. The number of fused-ring (bicyclic) bond motifs is 1. The summed E-state index contributed by atoms with van der Waals surface area (Å²) in [7, 11) is 0.